The summed E-state index contributed by atoms with van der Waals surface area (Å²) >= 11 is 6.11. The Kier molecular flexibility index (Phi) is 9.20. The molecule has 0 bridgehead atoms. The minimum absolute atomic E-state index is 0.0320. The van der Waals surface area contributed by atoms with E-state index in [4.69, 9.17) is 16.3 Å². The Hall–Kier alpha value is -4.20. The quantitative estimate of drug-likeness (QED) is 0.235. The van der Waals surface area contributed by atoms with E-state index in [0.29, 0.717) is 52.5 Å². The van der Waals surface area contributed by atoms with Gasteiger partial charge in [-0.3, -0.25) is 9.59 Å². The first-order chi connectivity index (χ1) is 20.3. The molecule has 42 heavy (non-hydrogen) atoms. The van der Waals surface area contributed by atoms with Crippen LogP contribution in [-0.2, 0) is 29.0 Å². The van der Waals surface area contributed by atoms with Crippen molar-refractivity contribution in [2.45, 2.75) is 25.3 Å². The number of ether oxygens (including phenoxy) is 1. The van der Waals surface area contributed by atoms with Crippen molar-refractivity contribution in [3.8, 4) is 16.9 Å². The van der Waals surface area contributed by atoms with E-state index in [1.54, 1.807) is 36.3 Å². The number of carboxylic acid groups (broad SMARTS) is 1. The fourth-order valence-corrected chi connectivity index (χ4v) is 5.72. The molecular weight excluding hydrogens is 555 g/mol. The molecule has 1 heterocycles. The Labute approximate surface area is 249 Å². The number of carbonyl (C=O) groups excluding carboxylic acids is 1. The number of fused-ring (bicyclic) bond motifs is 1. The molecule has 4 aromatic rings. The number of benzene rings is 4. The number of halogens is 2. The van der Waals surface area contributed by atoms with Gasteiger partial charge >= 0.3 is 5.97 Å². The normalized spacial score (nSPS) is 13.4. The lowest BCUT2D eigenvalue weighted by molar-refractivity contribution is -0.136. The zero-order valence-electron chi connectivity index (χ0n) is 23.3. The number of amides is 1. The highest BCUT2D eigenvalue weighted by molar-refractivity contribution is 6.30. The van der Waals surface area contributed by atoms with Crippen LogP contribution in [0, 0.1) is 5.82 Å². The van der Waals surface area contributed by atoms with E-state index in [0.717, 1.165) is 16.7 Å². The highest BCUT2D eigenvalue weighted by Crippen LogP contribution is 2.38. The molecule has 1 amide bonds. The first-order valence-electron chi connectivity index (χ1n) is 13.8. The molecule has 1 atom stereocenters. The van der Waals surface area contributed by atoms with Gasteiger partial charge in [0.2, 0.25) is 5.91 Å². The van der Waals surface area contributed by atoms with Crippen LogP contribution in [0.25, 0.3) is 11.1 Å². The van der Waals surface area contributed by atoms with Crippen LogP contribution in [0.4, 0.5) is 4.39 Å². The summed E-state index contributed by atoms with van der Waals surface area (Å²) < 4.78 is 20.5. The number of nitrogens with zero attached hydrogens (tertiary/aromatic N) is 1. The predicted molar refractivity (Wildman–Crippen MR) is 161 cm³/mol. The van der Waals surface area contributed by atoms with E-state index in [1.165, 1.54) is 6.07 Å². The molecule has 1 aliphatic heterocycles. The van der Waals surface area contributed by atoms with E-state index in [2.05, 4.69) is 17.4 Å². The first kappa shape index (κ1) is 29.3. The van der Waals surface area contributed by atoms with Crippen LogP contribution in [0.15, 0.2) is 84.9 Å². The number of hydrogen-bond acceptors (Lipinski definition) is 4. The summed E-state index contributed by atoms with van der Waals surface area (Å²) in [6.45, 7) is 1.33. The summed E-state index contributed by atoms with van der Waals surface area (Å²) in [5.74, 6) is -0.748. The minimum Gasteiger partial charge on any atom is -0.496 e. The summed E-state index contributed by atoms with van der Waals surface area (Å²) in [6, 6.07) is 26.2. The topological polar surface area (TPSA) is 78.9 Å². The maximum atomic E-state index is 14.9. The van der Waals surface area contributed by atoms with Crippen LogP contribution < -0.4 is 10.1 Å². The third-order valence-corrected chi connectivity index (χ3v) is 7.97. The number of hydrogen-bond donors (Lipinski definition) is 2. The van der Waals surface area contributed by atoms with E-state index in [-0.39, 0.29) is 37.2 Å². The van der Waals surface area contributed by atoms with Gasteiger partial charge in [-0.2, -0.15) is 0 Å². The third-order valence-electron chi connectivity index (χ3n) is 7.72. The summed E-state index contributed by atoms with van der Waals surface area (Å²) in [4.78, 5) is 26.5. The highest BCUT2D eigenvalue weighted by atomic mass is 35.5. The van der Waals surface area contributed by atoms with Crippen molar-refractivity contribution in [3.05, 3.63) is 124 Å². The Bertz CT molecular complexity index is 1580. The third kappa shape index (κ3) is 6.64. The summed E-state index contributed by atoms with van der Waals surface area (Å²) in [5.41, 5.74) is 5.52. The van der Waals surface area contributed by atoms with Gasteiger partial charge in [0.25, 0.3) is 0 Å². The van der Waals surface area contributed by atoms with Crippen LogP contribution in [0.1, 0.15) is 33.7 Å². The smallest absolute Gasteiger partial charge is 0.307 e. The summed E-state index contributed by atoms with van der Waals surface area (Å²) in [6.07, 6.45) is 0.242. The van der Waals surface area contributed by atoms with Crippen molar-refractivity contribution in [3.63, 3.8) is 0 Å². The van der Waals surface area contributed by atoms with Gasteiger partial charge in [-0.1, -0.05) is 66.2 Å². The average molecular weight is 587 g/mol. The minimum atomic E-state index is -0.943. The molecule has 0 aromatic heterocycles. The molecule has 6 nitrogen and oxygen atoms in total. The summed E-state index contributed by atoms with van der Waals surface area (Å²) in [5, 5.41) is 13.3. The molecule has 2 N–H and O–H groups in total. The Balaban J connectivity index is 1.34. The van der Waals surface area contributed by atoms with E-state index in [1.807, 2.05) is 42.5 Å². The van der Waals surface area contributed by atoms with Gasteiger partial charge in [0.1, 0.15) is 11.6 Å². The molecule has 1 unspecified atom stereocenters. The van der Waals surface area contributed by atoms with Gasteiger partial charge in [-0.05, 0) is 70.1 Å². The highest BCUT2D eigenvalue weighted by Gasteiger charge is 2.27. The fraction of sp³-hybridized carbons (Fsp3) is 0.235. The Morgan fingerprint density at radius 3 is 2.43 bits per heavy atom. The van der Waals surface area contributed by atoms with Crippen molar-refractivity contribution in [1.82, 2.24) is 10.2 Å². The molecular formula is C34H32ClFN2O4. The molecule has 1 aliphatic rings. The van der Waals surface area contributed by atoms with E-state index >= 15 is 0 Å². The number of methoxy groups -OCH3 is 1. The molecule has 0 saturated carbocycles. The molecule has 216 valence electrons. The molecule has 0 spiro atoms. The van der Waals surface area contributed by atoms with Gasteiger partial charge in [0.05, 0.1) is 20.1 Å². The second kappa shape index (κ2) is 13.2. The van der Waals surface area contributed by atoms with Gasteiger partial charge in [-0.25, -0.2) is 4.39 Å². The Morgan fingerprint density at radius 2 is 1.71 bits per heavy atom. The SMILES string of the molecule is COc1ccc(CC(=O)O)cc1-c1ccc(F)c2c1CN(C(=O)CNCC(c1ccccc1)c1ccc(Cl)cc1)CC2. The summed E-state index contributed by atoms with van der Waals surface area (Å²) in [7, 11) is 1.54. The van der Waals surface area contributed by atoms with Gasteiger partial charge in [-0.15, -0.1) is 0 Å². The van der Waals surface area contributed by atoms with Crippen molar-refractivity contribution < 1.29 is 23.8 Å². The first-order valence-corrected chi connectivity index (χ1v) is 14.2. The standard InChI is InChI=1S/C34H32ClFN2O4/c1-42-32-14-7-22(18-34(40)41)17-28(32)26-12-13-31(36)27-15-16-38(21-30(26)27)33(39)20-37-19-29(23-5-3-2-4-6-23)24-8-10-25(35)11-9-24/h2-14,17,29,37H,15-16,18-21H2,1H3,(H,40,41). The number of carboxylic acids is 1. The van der Waals surface area contributed by atoms with Crippen molar-refractivity contribution in [2.24, 2.45) is 0 Å². The molecule has 4 aromatic carbocycles. The van der Waals surface area contributed by atoms with Crippen molar-refractivity contribution in [1.29, 1.82) is 0 Å². The van der Waals surface area contributed by atoms with E-state index in [9.17, 15) is 19.1 Å². The lowest BCUT2D eigenvalue weighted by Crippen LogP contribution is -2.42. The largest absolute Gasteiger partial charge is 0.496 e. The fourth-order valence-electron chi connectivity index (χ4n) is 5.59. The lowest BCUT2D eigenvalue weighted by Gasteiger charge is -2.31. The molecule has 0 fully saturated rings. The number of nitrogens with one attached hydrogen (secondary N) is 1. The zero-order chi connectivity index (χ0) is 29.6. The zero-order valence-corrected chi connectivity index (χ0v) is 24.0. The van der Waals surface area contributed by atoms with Gasteiger partial charge in [0.15, 0.2) is 0 Å². The van der Waals surface area contributed by atoms with Crippen LogP contribution in [0.5, 0.6) is 5.75 Å². The number of rotatable bonds is 10. The van der Waals surface area contributed by atoms with Gasteiger partial charge in [0, 0.05) is 36.1 Å². The molecule has 0 aliphatic carbocycles. The maximum absolute atomic E-state index is 14.9. The average Bonchev–Trinajstić information content (AvgIpc) is 3.00. The van der Waals surface area contributed by atoms with Crippen LogP contribution in [0.3, 0.4) is 0 Å². The number of aliphatic carboxylic acids is 1. The van der Waals surface area contributed by atoms with Crippen LogP contribution in [-0.4, -0.2) is 48.6 Å². The monoisotopic (exact) mass is 586 g/mol. The second-order valence-corrected chi connectivity index (χ2v) is 10.8. The predicted octanol–water partition coefficient (Wildman–Crippen LogP) is 6.09. The van der Waals surface area contributed by atoms with Gasteiger partial charge < -0.3 is 20.1 Å². The lowest BCUT2D eigenvalue weighted by atomic mass is 9.89. The maximum Gasteiger partial charge on any atom is 0.307 e. The van der Waals surface area contributed by atoms with Crippen LogP contribution >= 0.6 is 11.6 Å². The second-order valence-electron chi connectivity index (χ2n) is 10.4. The van der Waals surface area contributed by atoms with Crippen molar-refractivity contribution in [2.75, 3.05) is 26.7 Å². The molecule has 0 saturated heterocycles. The van der Waals surface area contributed by atoms with E-state index < -0.39 is 5.97 Å². The molecule has 8 heteroatoms. The van der Waals surface area contributed by atoms with Crippen molar-refractivity contribution >= 4 is 23.5 Å². The number of carbonyl (C=O) groups is 2. The van der Waals surface area contributed by atoms with Crippen LogP contribution in [0.2, 0.25) is 5.02 Å². The molecule has 0 radical (unpaired) electrons. The molecule has 5 rings (SSSR count). The Morgan fingerprint density at radius 1 is 0.976 bits per heavy atom.